The largest absolute Gasteiger partial charge is 0.493 e. The van der Waals surface area contributed by atoms with Crippen LogP contribution in [0.25, 0.3) is 0 Å². The summed E-state index contributed by atoms with van der Waals surface area (Å²) in [5.74, 6) is 1.56. The molecule has 1 saturated heterocycles. The lowest BCUT2D eigenvalue weighted by Gasteiger charge is -2.22. The van der Waals surface area contributed by atoms with Gasteiger partial charge in [-0.05, 0) is 59.6 Å². The molecule has 5 nitrogen and oxygen atoms in total. The smallest absolute Gasteiger partial charge is 0.223 e. The second-order valence-corrected chi connectivity index (χ2v) is 5.91. The van der Waals surface area contributed by atoms with E-state index < -0.39 is 0 Å². The molecule has 1 heterocycles. The number of halogens is 2. The second kappa shape index (κ2) is 9.22. The third-order valence-corrected chi connectivity index (χ3v) is 4.26. The Morgan fingerprint density at radius 2 is 2.00 bits per heavy atom. The summed E-state index contributed by atoms with van der Waals surface area (Å²) in [4.78, 5) is 12.1. The molecular weight excluding hydrogens is 372 g/mol. The van der Waals surface area contributed by atoms with Crippen molar-refractivity contribution in [1.29, 1.82) is 0 Å². The number of amides is 1. The molecule has 0 spiro atoms. The molecule has 22 heavy (non-hydrogen) atoms. The molecule has 124 valence electrons. The maximum atomic E-state index is 12.1. The van der Waals surface area contributed by atoms with Gasteiger partial charge in [0.05, 0.1) is 18.7 Å². The number of piperidine rings is 1. The van der Waals surface area contributed by atoms with Crippen LogP contribution in [0.5, 0.6) is 11.5 Å². The second-order valence-electron chi connectivity index (χ2n) is 5.06. The summed E-state index contributed by atoms with van der Waals surface area (Å²) in [6.45, 7) is 2.32. The zero-order chi connectivity index (χ0) is 15.2. The maximum Gasteiger partial charge on any atom is 0.223 e. The maximum absolute atomic E-state index is 12.1. The van der Waals surface area contributed by atoms with Crippen LogP contribution < -0.4 is 20.1 Å². The lowest BCUT2D eigenvalue weighted by atomic mass is 9.97. The Balaban J connectivity index is 0.00000242. The first kappa shape index (κ1) is 19.1. The van der Waals surface area contributed by atoms with Gasteiger partial charge in [-0.15, -0.1) is 12.4 Å². The molecule has 1 aromatic carbocycles. The third kappa shape index (κ3) is 4.76. The summed E-state index contributed by atoms with van der Waals surface area (Å²) in [5.41, 5.74) is 0.974. The number of nitrogens with one attached hydrogen (secondary N) is 2. The van der Waals surface area contributed by atoms with Crippen molar-refractivity contribution in [2.75, 3.05) is 27.3 Å². The van der Waals surface area contributed by atoms with Gasteiger partial charge < -0.3 is 20.1 Å². The van der Waals surface area contributed by atoms with Crippen molar-refractivity contribution in [2.24, 2.45) is 5.92 Å². The average Bonchev–Trinajstić information content (AvgIpc) is 2.52. The van der Waals surface area contributed by atoms with Crippen molar-refractivity contribution >= 4 is 34.2 Å². The molecule has 2 rings (SSSR count). The minimum absolute atomic E-state index is 0. The summed E-state index contributed by atoms with van der Waals surface area (Å²) in [6.07, 6.45) is 1.81. The van der Waals surface area contributed by atoms with E-state index in [-0.39, 0.29) is 24.2 Å². The highest BCUT2D eigenvalue weighted by Crippen LogP contribution is 2.36. The number of benzene rings is 1. The molecule has 0 aromatic heterocycles. The molecule has 7 heteroatoms. The van der Waals surface area contributed by atoms with E-state index in [0.717, 1.165) is 36.0 Å². The number of methoxy groups -OCH3 is 2. The van der Waals surface area contributed by atoms with E-state index in [9.17, 15) is 4.79 Å². The molecule has 0 saturated carbocycles. The lowest BCUT2D eigenvalue weighted by molar-refractivity contribution is -0.125. The van der Waals surface area contributed by atoms with E-state index in [1.165, 1.54) is 0 Å². The highest BCUT2D eigenvalue weighted by molar-refractivity contribution is 9.10. The standard InChI is InChI=1S/C15H21BrN2O3.ClH/c1-20-13-8-10(7-12(16)14(13)21-2)9-18-15(19)11-3-5-17-6-4-11;/h7-8,11,17H,3-6,9H2,1-2H3,(H,18,19);1H. The fourth-order valence-electron chi connectivity index (χ4n) is 2.49. The Bertz CT molecular complexity index is 508. The molecule has 0 unspecified atom stereocenters. The van der Waals surface area contributed by atoms with E-state index in [0.29, 0.717) is 18.0 Å². The van der Waals surface area contributed by atoms with Gasteiger partial charge in [0.15, 0.2) is 11.5 Å². The van der Waals surface area contributed by atoms with E-state index in [1.807, 2.05) is 12.1 Å². The quantitative estimate of drug-likeness (QED) is 0.807. The first-order valence-electron chi connectivity index (χ1n) is 7.04. The Kier molecular flexibility index (Phi) is 8.00. The van der Waals surface area contributed by atoms with Crippen LogP contribution in [0, 0.1) is 5.92 Å². The summed E-state index contributed by atoms with van der Waals surface area (Å²) >= 11 is 3.46. The predicted molar refractivity (Wildman–Crippen MR) is 91.9 cm³/mol. The van der Waals surface area contributed by atoms with Crippen LogP contribution in [0.1, 0.15) is 18.4 Å². The molecule has 0 bridgehead atoms. The Hall–Kier alpha value is -0.980. The lowest BCUT2D eigenvalue weighted by Crippen LogP contribution is -2.37. The van der Waals surface area contributed by atoms with Gasteiger partial charge in [0.2, 0.25) is 5.91 Å². The summed E-state index contributed by atoms with van der Waals surface area (Å²) in [5, 5.41) is 6.26. The van der Waals surface area contributed by atoms with E-state index in [2.05, 4.69) is 26.6 Å². The van der Waals surface area contributed by atoms with Gasteiger partial charge in [-0.25, -0.2) is 0 Å². The van der Waals surface area contributed by atoms with Crippen LogP contribution in [0.15, 0.2) is 16.6 Å². The number of hydrogen-bond acceptors (Lipinski definition) is 4. The van der Waals surface area contributed by atoms with Gasteiger partial charge in [-0.3, -0.25) is 4.79 Å². The number of hydrogen-bond donors (Lipinski definition) is 2. The average molecular weight is 394 g/mol. The normalized spacial score (nSPS) is 14.9. The molecule has 0 aliphatic carbocycles. The fourth-order valence-corrected chi connectivity index (χ4v) is 3.14. The summed E-state index contributed by atoms with van der Waals surface area (Å²) in [7, 11) is 3.20. The molecule has 0 atom stereocenters. The van der Waals surface area contributed by atoms with E-state index in [4.69, 9.17) is 9.47 Å². The summed E-state index contributed by atoms with van der Waals surface area (Å²) < 4.78 is 11.4. The van der Waals surface area contributed by atoms with Crippen LogP contribution >= 0.6 is 28.3 Å². The van der Waals surface area contributed by atoms with Crippen molar-refractivity contribution in [3.05, 3.63) is 22.2 Å². The first-order valence-corrected chi connectivity index (χ1v) is 7.83. The van der Waals surface area contributed by atoms with Crippen LogP contribution in [0.3, 0.4) is 0 Å². The Labute approximate surface area is 145 Å². The Morgan fingerprint density at radius 1 is 1.32 bits per heavy atom. The number of ether oxygens (including phenoxy) is 2. The number of carbonyl (C=O) groups is 1. The van der Waals surface area contributed by atoms with Gasteiger partial charge in [-0.2, -0.15) is 0 Å². The first-order chi connectivity index (χ1) is 10.2. The highest BCUT2D eigenvalue weighted by atomic mass is 79.9. The van der Waals surface area contributed by atoms with Gasteiger partial charge in [0, 0.05) is 12.5 Å². The molecule has 1 aliphatic heterocycles. The zero-order valence-corrected chi connectivity index (χ0v) is 15.2. The molecule has 1 amide bonds. The highest BCUT2D eigenvalue weighted by Gasteiger charge is 2.20. The van der Waals surface area contributed by atoms with Crippen LogP contribution in [0.2, 0.25) is 0 Å². The van der Waals surface area contributed by atoms with Crippen molar-refractivity contribution < 1.29 is 14.3 Å². The van der Waals surface area contributed by atoms with Gasteiger partial charge >= 0.3 is 0 Å². The van der Waals surface area contributed by atoms with Crippen molar-refractivity contribution in [2.45, 2.75) is 19.4 Å². The molecule has 1 fully saturated rings. The predicted octanol–water partition coefficient (Wildman–Crippen LogP) is 2.50. The van der Waals surface area contributed by atoms with Crippen LogP contribution in [-0.4, -0.2) is 33.2 Å². The van der Waals surface area contributed by atoms with Crippen LogP contribution in [0.4, 0.5) is 0 Å². The van der Waals surface area contributed by atoms with Gasteiger partial charge in [0.1, 0.15) is 0 Å². The molecule has 0 radical (unpaired) electrons. The SMILES string of the molecule is COc1cc(CNC(=O)C2CCNCC2)cc(Br)c1OC.Cl. The van der Waals surface area contributed by atoms with Crippen LogP contribution in [-0.2, 0) is 11.3 Å². The fraction of sp³-hybridized carbons (Fsp3) is 0.533. The number of carbonyl (C=O) groups excluding carboxylic acids is 1. The molecule has 2 N–H and O–H groups in total. The van der Waals surface area contributed by atoms with Gasteiger partial charge in [-0.1, -0.05) is 0 Å². The topological polar surface area (TPSA) is 59.6 Å². The minimum Gasteiger partial charge on any atom is -0.493 e. The molecule has 1 aliphatic rings. The summed E-state index contributed by atoms with van der Waals surface area (Å²) in [6, 6.07) is 3.82. The molecule has 1 aromatic rings. The number of rotatable bonds is 5. The van der Waals surface area contributed by atoms with E-state index in [1.54, 1.807) is 14.2 Å². The third-order valence-electron chi connectivity index (χ3n) is 3.67. The molecular formula is C15H22BrClN2O3. The van der Waals surface area contributed by atoms with Crippen molar-refractivity contribution in [3.8, 4) is 11.5 Å². The minimum atomic E-state index is 0. The van der Waals surface area contributed by atoms with Gasteiger partial charge in [0.25, 0.3) is 0 Å². The van der Waals surface area contributed by atoms with Crippen molar-refractivity contribution in [3.63, 3.8) is 0 Å². The van der Waals surface area contributed by atoms with E-state index >= 15 is 0 Å². The zero-order valence-electron chi connectivity index (χ0n) is 12.8. The Morgan fingerprint density at radius 3 is 2.59 bits per heavy atom. The van der Waals surface area contributed by atoms with Crippen molar-refractivity contribution in [1.82, 2.24) is 10.6 Å². The monoisotopic (exact) mass is 392 g/mol.